The van der Waals surface area contributed by atoms with Crippen LogP contribution in [0.1, 0.15) is 30.5 Å². The van der Waals surface area contributed by atoms with Gasteiger partial charge in [-0.3, -0.25) is 4.79 Å². The van der Waals surface area contributed by atoms with E-state index in [4.69, 9.17) is 19.2 Å². The smallest absolute Gasteiger partial charge is 0.338 e. The molecule has 1 saturated heterocycles. The minimum absolute atomic E-state index is 0.0529. The highest BCUT2D eigenvalue weighted by Gasteiger charge is 2.43. The maximum atomic E-state index is 13.7. The molecule has 0 unspecified atom stereocenters. The lowest BCUT2D eigenvalue weighted by atomic mass is 9.90. The van der Waals surface area contributed by atoms with Crippen molar-refractivity contribution in [2.45, 2.75) is 19.4 Å². The number of amides is 1. The summed E-state index contributed by atoms with van der Waals surface area (Å²) in [6, 6.07) is 14.5. The van der Waals surface area contributed by atoms with Gasteiger partial charge >= 0.3 is 5.97 Å². The highest BCUT2D eigenvalue weighted by atomic mass is 32.2. The van der Waals surface area contributed by atoms with Gasteiger partial charge in [-0.15, -0.1) is 0 Å². The Kier molecular flexibility index (Phi) is 8.46. The van der Waals surface area contributed by atoms with E-state index < -0.39 is 12.0 Å². The van der Waals surface area contributed by atoms with Crippen molar-refractivity contribution in [2.24, 2.45) is 4.99 Å². The Morgan fingerprint density at radius 1 is 1.02 bits per heavy atom. The molecule has 0 spiro atoms. The van der Waals surface area contributed by atoms with Crippen molar-refractivity contribution in [1.29, 1.82) is 0 Å². The van der Waals surface area contributed by atoms with Crippen LogP contribution in [0.4, 0.5) is 0 Å². The number of esters is 1. The number of hydrogen-bond acceptors (Lipinski definition) is 9. The molecule has 3 aliphatic rings. The number of nitrogens with zero attached hydrogens (tertiary/aromatic N) is 4. The highest BCUT2D eigenvalue weighted by molar-refractivity contribution is 8.16. The van der Waals surface area contributed by atoms with Crippen LogP contribution in [0.2, 0.25) is 0 Å². The Morgan fingerprint density at radius 3 is 2.45 bits per heavy atom. The molecule has 0 radical (unpaired) electrons. The second-order valence-corrected chi connectivity index (χ2v) is 10.5. The van der Waals surface area contributed by atoms with E-state index >= 15 is 0 Å². The van der Waals surface area contributed by atoms with E-state index in [2.05, 4.69) is 11.9 Å². The average Bonchev–Trinajstić information content (AvgIpc) is 3.38. The molecule has 2 aromatic rings. The minimum atomic E-state index is -0.635. The van der Waals surface area contributed by atoms with Crippen molar-refractivity contribution in [3.8, 4) is 11.5 Å². The van der Waals surface area contributed by atoms with Crippen LogP contribution in [0.5, 0.6) is 11.5 Å². The predicted octanol–water partition coefficient (Wildman–Crippen LogP) is 4.14. The maximum absolute atomic E-state index is 13.7. The molecule has 1 amide bonds. The summed E-state index contributed by atoms with van der Waals surface area (Å²) < 4.78 is 16.9. The van der Waals surface area contributed by atoms with E-state index in [0.717, 1.165) is 29.9 Å². The summed E-state index contributed by atoms with van der Waals surface area (Å²) in [5.41, 5.74) is 3.26. The zero-order valence-corrected chi connectivity index (χ0v) is 24.1. The van der Waals surface area contributed by atoms with Crippen LogP contribution in [-0.4, -0.2) is 85.8 Å². The van der Waals surface area contributed by atoms with Gasteiger partial charge in [0.15, 0.2) is 5.17 Å². The lowest BCUT2D eigenvalue weighted by Gasteiger charge is -2.38. The van der Waals surface area contributed by atoms with Gasteiger partial charge in [0.25, 0.3) is 0 Å². The third kappa shape index (κ3) is 5.46. The van der Waals surface area contributed by atoms with Crippen molar-refractivity contribution in [2.75, 3.05) is 54.1 Å². The van der Waals surface area contributed by atoms with Gasteiger partial charge in [-0.2, -0.15) is 0 Å². The van der Waals surface area contributed by atoms with Crippen LogP contribution >= 0.6 is 11.8 Å². The summed E-state index contributed by atoms with van der Waals surface area (Å²) in [6.45, 7) is 5.08. The average molecular weight is 563 g/mol. The minimum Gasteiger partial charge on any atom is -0.497 e. The molecular weight excluding hydrogens is 528 g/mol. The van der Waals surface area contributed by atoms with Gasteiger partial charge in [0, 0.05) is 49.1 Å². The molecule has 10 heteroatoms. The number of methoxy groups -OCH3 is 2. The first-order chi connectivity index (χ1) is 19.4. The topological polar surface area (TPSA) is 83.9 Å². The molecule has 1 fully saturated rings. The van der Waals surface area contributed by atoms with Crippen LogP contribution in [0.15, 0.2) is 70.2 Å². The molecule has 0 aliphatic carbocycles. The summed E-state index contributed by atoms with van der Waals surface area (Å²) in [4.78, 5) is 38.3. The Balaban J connectivity index is 1.63. The van der Waals surface area contributed by atoms with Crippen LogP contribution < -0.4 is 9.47 Å². The summed E-state index contributed by atoms with van der Waals surface area (Å²) >= 11 is 1.45. The molecule has 9 nitrogen and oxygen atoms in total. The summed E-state index contributed by atoms with van der Waals surface area (Å²) in [5.74, 6) is 0.777. The monoisotopic (exact) mass is 562 g/mol. The van der Waals surface area contributed by atoms with E-state index in [1.54, 1.807) is 27.2 Å². The van der Waals surface area contributed by atoms with Gasteiger partial charge in [-0.25, -0.2) is 9.79 Å². The number of benzene rings is 2. The van der Waals surface area contributed by atoms with Crippen LogP contribution in [0, 0.1) is 0 Å². The lowest BCUT2D eigenvalue weighted by Crippen LogP contribution is -2.47. The zero-order valence-electron chi connectivity index (χ0n) is 23.3. The van der Waals surface area contributed by atoms with Gasteiger partial charge in [0.1, 0.15) is 11.5 Å². The third-order valence-corrected chi connectivity index (χ3v) is 8.16. The number of hydrogen-bond donors (Lipinski definition) is 0. The van der Waals surface area contributed by atoms with E-state index in [1.165, 1.54) is 11.8 Å². The maximum Gasteiger partial charge on any atom is 0.338 e. The van der Waals surface area contributed by atoms with E-state index in [-0.39, 0.29) is 18.9 Å². The second kappa shape index (κ2) is 12.2. The van der Waals surface area contributed by atoms with Gasteiger partial charge in [0.2, 0.25) is 5.91 Å². The fourth-order valence-electron chi connectivity index (χ4n) is 5.15. The Bertz CT molecular complexity index is 1370. The number of fused-ring (bicyclic) bond motifs is 1. The van der Waals surface area contributed by atoms with Crippen molar-refractivity contribution in [1.82, 2.24) is 14.7 Å². The molecule has 3 aliphatic heterocycles. The molecule has 1 atom stereocenters. The van der Waals surface area contributed by atoms with Crippen molar-refractivity contribution in [3.05, 3.63) is 76.3 Å². The van der Waals surface area contributed by atoms with Gasteiger partial charge < -0.3 is 28.9 Å². The van der Waals surface area contributed by atoms with Crippen LogP contribution in [-0.2, 0) is 14.3 Å². The number of aliphatic imine (C=N–C) groups is 1. The molecule has 3 heterocycles. The van der Waals surface area contributed by atoms with Crippen molar-refractivity contribution in [3.63, 3.8) is 0 Å². The number of rotatable bonds is 8. The largest absolute Gasteiger partial charge is 0.497 e. The number of amidine groups is 1. The number of thioether (sulfide) groups is 1. The van der Waals surface area contributed by atoms with Gasteiger partial charge in [-0.1, -0.05) is 42.1 Å². The third-order valence-electron chi connectivity index (χ3n) is 7.28. The van der Waals surface area contributed by atoms with E-state index in [1.807, 2.05) is 57.7 Å². The molecule has 0 aromatic heterocycles. The van der Waals surface area contributed by atoms with Crippen LogP contribution in [0.3, 0.4) is 0 Å². The number of carbonyl (C=O) groups excluding carboxylic acids is 2. The standard InChI is InChI=1S/C30H34N4O5S/c1-5-39-29(36)26-27(20-9-7-6-8-10-20)31-30-34(28(26)23-12-11-22(37-3)18-24(23)38-4)21(19-40-30)17-25(35)33-15-13-32(2)14-16-33/h6-12,18-19,28H,5,13-17H2,1-4H3/t28-/m0/s1. The Morgan fingerprint density at radius 2 is 1.77 bits per heavy atom. The summed E-state index contributed by atoms with van der Waals surface area (Å²) in [5, 5.41) is 2.66. The second-order valence-electron chi connectivity index (χ2n) is 9.71. The molecule has 5 rings (SSSR count). The first-order valence-electron chi connectivity index (χ1n) is 13.3. The van der Waals surface area contributed by atoms with E-state index in [9.17, 15) is 9.59 Å². The van der Waals surface area contributed by atoms with Crippen molar-refractivity contribution < 1.29 is 23.8 Å². The normalized spacial score (nSPS) is 19.1. The fraction of sp³-hybridized carbons (Fsp3) is 0.367. The first-order valence-corrected chi connectivity index (χ1v) is 14.2. The summed E-state index contributed by atoms with van der Waals surface area (Å²) in [6.07, 6.45) is 0.196. The van der Waals surface area contributed by atoms with Gasteiger partial charge in [0.05, 0.1) is 44.6 Å². The number of piperazine rings is 1. The first kappa shape index (κ1) is 27.8. The molecule has 210 valence electrons. The molecular formula is C30H34N4O5S. The summed E-state index contributed by atoms with van der Waals surface area (Å²) in [7, 11) is 5.25. The zero-order chi connectivity index (χ0) is 28.2. The lowest BCUT2D eigenvalue weighted by molar-refractivity contribution is -0.139. The van der Waals surface area contributed by atoms with Crippen molar-refractivity contribution >= 4 is 34.5 Å². The SMILES string of the molecule is CCOC(=O)C1=C(c2ccccc2)N=C2SC=C(CC(=O)N3CCN(C)CC3)N2[C@H]1c1ccc(OC)cc1OC. The quantitative estimate of drug-likeness (QED) is 0.444. The molecule has 0 bridgehead atoms. The highest BCUT2D eigenvalue weighted by Crippen LogP contribution is 2.49. The molecule has 2 aromatic carbocycles. The number of carbonyl (C=O) groups is 2. The number of ether oxygens (including phenoxy) is 3. The molecule has 40 heavy (non-hydrogen) atoms. The molecule has 0 saturated carbocycles. The van der Waals surface area contributed by atoms with E-state index in [0.29, 0.717) is 41.0 Å². The fourth-order valence-corrected chi connectivity index (χ4v) is 6.07. The Labute approximate surface area is 239 Å². The Hall–Kier alpha value is -3.76. The van der Waals surface area contributed by atoms with Crippen LogP contribution in [0.25, 0.3) is 5.70 Å². The number of likely N-dealkylation sites (N-methyl/N-ethyl adjacent to an activating group) is 1. The molecule has 0 N–H and O–H groups in total. The van der Waals surface area contributed by atoms with Gasteiger partial charge in [-0.05, 0) is 31.5 Å². The predicted molar refractivity (Wildman–Crippen MR) is 156 cm³/mol.